The lowest BCUT2D eigenvalue weighted by molar-refractivity contribution is 0.0992. The first-order valence-electron chi connectivity index (χ1n) is 5.39. The predicted molar refractivity (Wildman–Crippen MR) is 70.3 cm³/mol. The number of halogens is 2. The van der Waals surface area contributed by atoms with Crippen LogP contribution >= 0.6 is 11.6 Å². The number of rotatable bonds is 3. The molecule has 0 atom stereocenters. The molecule has 0 saturated carbocycles. The van der Waals surface area contributed by atoms with E-state index >= 15 is 0 Å². The molecule has 0 heterocycles. The molecule has 2 N–H and O–H groups in total. The van der Waals surface area contributed by atoms with Gasteiger partial charge in [0.25, 0.3) is 0 Å². The van der Waals surface area contributed by atoms with Crippen LogP contribution < -0.4 is 5.73 Å². The first-order chi connectivity index (χ1) is 8.58. The smallest absolute Gasteiger partial charge is 0.167 e. The minimum atomic E-state index is -0.382. The van der Waals surface area contributed by atoms with E-state index in [-0.39, 0.29) is 18.0 Å². The Kier molecular flexibility index (Phi) is 3.63. The van der Waals surface area contributed by atoms with Crippen LogP contribution in [0.4, 0.5) is 10.1 Å². The first kappa shape index (κ1) is 12.6. The molecule has 0 aromatic heterocycles. The van der Waals surface area contributed by atoms with Crippen LogP contribution in [0.25, 0.3) is 0 Å². The van der Waals surface area contributed by atoms with Gasteiger partial charge < -0.3 is 5.73 Å². The summed E-state index contributed by atoms with van der Waals surface area (Å²) in [6.07, 6.45) is 0.00687. The monoisotopic (exact) mass is 263 g/mol. The fourth-order valence-electron chi connectivity index (χ4n) is 1.62. The molecule has 0 amide bonds. The van der Waals surface area contributed by atoms with Crippen LogP contribution in [0.15, 0.2) is 42.5 Å². The number of ketones is 1. The highest BCUT2D eigenvalue weighted by atomic mass is 35.5. The lowest BCUT2D eigenvalue weighted by atomic mass is 10.0. The van der Waals surface area contributed by atoms with E-state index < -0.39 is 0 Å². The lowest BCUT2D eigenvalue weighted by Crippen LogP contribution is -2.05. The Balaban J connectivity index is 2.22. The molecular weight excluding hydrogens is 253 g/mol. The summed E-state index contributed by atoms with van der Waals surface area (Å²) in [6.45, 7) is 0. The Hall–Kier alpha value is -1.87. The van der Waals surface area contributed by atoms with Crippen LogP contribution in [0.2, 0.25) is 5.02 Å². The molecule has 2 rings (SSSR count). The highest BCUT2D eigenvalue weighted by Crippen LogP contribution is 2.21. The molecular formula is C14H11ClFNO. The second-order valence-electron chi connectivity index (χ2n) is 3.93. The van der Waals surface area contributed by atoms with Crippen molar-refractivity contribution in [2.45, 2.75) is 6.42 Å². The molecule has 0 aliphatic heterocycles. The Morgan fingerprint density at radius 1 is 1.22 bits per heavy atom. The van der Waals surface area contributed by atoms with Crippen molar-refractivity contribution < 1.29 is 9.18 Å². The van der Waals surface area contributed by atoms with Gasteiger partial charge in [0.1, 0.15) is 5.82 Å². The number of benzene rings is 2. The van der Waals surface area contributed by atoms with Crippen molar-refractivity contribution in [3.63, 3.8) is 0 Å². The average Bonchev–Trinajstić information content (AvgIpc) is 2.35. The Labute approximate surface area is 109 Å². The number of carbonyl (C=O) groups is 1. The highest BCUT2D eigenvalue weighted by Gasteiger charge is 2.11. The minimum Gasteiger partial charge on any atom is -0.398 e. The quantitative estimate of drug-likeness (QED) is 0.680. The molecule has 0 fully saturated rings. The zero-order valence-corrected chi connectivity index (χ0v) is 10.2. The first-order valence-corrected chi connectivity index (χ1v) is 5.77. The average molecular weight is 264 g/mol. The van der Waals surface area contributed by atoms with Gasteiger partial charge in [-0.3, -0.25) is 4.79 Å². The normalized spacial score (nSPS) is 10.3. The van der Waals surface area contributed by atoms with Gasteiger partial charge in [-0.15, -0.1) is 0 Å². The van der Waals surface area contributed by atoms with Gasteiger partial charge in [-0.2, -0.15) is 0 Å². The van der Waals surface area contributed by atoms with Crippen molar-refractivity contribution in [2.24, 2.45) is 0 Å². The molecule has 0 spiro atoms. The summed E-state index contributed by atoms with van der Waals surface area (Å²) < 4.78 is 13.4. The maximum Gasteiger partial charge on any atom is 0.167 e. The molecule has 0 aliphatic carbocycles. The third kappa shape index (κ3) is 2.68. The molecule has 0 radical (unpaired) electrons. The Bertz CT molecular complexity index is 598. The largest absolute Gasteiger partial charge is 0.398 e. The molecule has 2 nitrogen and oxygen atoms in total. The standard InChI is InChI=1S/C14H11ClFNO/c15-11-7-10(5-6-13(11)17)14(18)8-9-3-1-2-4-12(9)16/h1-7H,8,17H2. The second-order valence-corrected chi connectivity index (χ2v) is 4.33. The van der Waals surface area contributed by atoms with Crippen molar-refractivity contribution >= 4 is 23.1 Å². The van der Waals surface area contributed by atoms with E-state index in [4.69, 9.17) is 17.3 Å². The molecule has 0 unspecified atom stereocenters. The Morgan fingerprint density at radius 2 is 1.94 bits per heavy atom. The van der Waals surface area contributed by atoms with Gasteiger partial charge in [0.05, 0.1) is 10.7 Å². The highest BCUT2D eigenvalue weighted by molar-refractivity contribution is 6.33. The van der Waals surface area contributed by atoms with Crippen LogP contribution in [-0.2, 0) is 6.42 Å². The number of nitrogen functional groups attached to an aromatic ring is 1. The van der Waals surface area contributed by atoms with Crippen LogP contribution in [-0.4, -0.2) is 5.78 Å². The summed E-state index contributed by atoms with van der Waals surface area (Å²) in [5.74, 6) is -0.575. The molecule has 2 aromatic carbocycles. The van der Waals surface area contributed by atoms with Crippen LogP contribution in [0.5, 0.6) is 0 Å². The molecule has 0 aliphatic rings. The number of hydrogen-bond donors (Lipinski definition) is 1. The van der Waals surface area contributed by atoms with E-state index in [1.54, 1.807) is 30.3 Å². The Morgan fingerprint density at radius 3 is 2.61 bits per heavy atom. The van der Waals surface area contributed by atoms with Gasteiger partial charge in [0.2, 0.25) is 0 Å². The summed E-state index contributed by atoms with van der Waals surface area (Å²) in [7, 11) is 0. The number of carbonyl (C=O) groups excluding carboxylic acids is 1. The van der Waals surface area contributed by atoms with Gasteiger partial charge in [0.15, 0.2) is 5.78 Å². The van der Waals surface area contributed by atoms with Crippen molar-refractivity contribution in [1.82, 2.24) is 0 Å². The van der Waals surface area contributed by atoms with E-state index in [0.717, 1.165) is 0 Å². The van der Waals surface area contributed by atoms with E-state index in [0.29, 0.717) is 21.8 Å². The molecule has 18 heavy (non-hydrogen) atoms. The zero-order valence-electron chi connectivity index (χ0n) is 9.49. The summed E-state index contributed by atoms with van der Waals surface area (Å²) in [4.78, 5) is 12.0. The molecule has 0 bridgehead atoms. The van der Waals surface area contributed by atoms with Crippen molar-refractivity contribution in [3.05, 3.63) is 64.4 Å². The van der Waals surface area contributed by atoms with Crippen molar-refractivity contribution in [2.75, 3.05) is 5.73 Å². The number of Topliss-reactive ketones (excluding diaryl/α,β-unsaturated/α-hetero) is 1. The maximum absolute atomic E-state index is 13.4. The molecule has 2 aromatic rings. The third-order valence-electron chi connectivity index (χ3n) is 2.63. The van der Waals surface area contributed by atoms with Gasteiger partial charge in [-0.25, -0.2) is 4.39 Å². The fraction of sp³-hybridized carbons (Fsp3) is 0.0714. The summed E-state index contributed by atoms with van der Waals surface area (Å²) in [5.41, 5.74) is 6.78. The van der Waals surface area contributed by atoms with Gasteiger partial charge in [0, 0.05) is 12.0 Å². The molecule has 0 saturated heterocycles. The van der Waals surface area contributed by atoms with Crippen LogP contribution in [0.1, 0.15) is 15.9 Å². The minimum absolute atomic E-state index is 0.00687. The number of hydrogen-bond acceptors (Lipinski definition) is 2. The maximum atomic E-state index is 13.4. The van der Waals surface area contributed by atoms with E-state index in [1.165, 1.54) is 12.1 Å². The second kappa shape index (κ2) is 5.19. The van der Waals surface area contributed by atoms with Gasteiger partial charge >= 0.3 is 0 Å². The van der Waals surface area contributed by atoms with Crippen LogP contribution in [0, 0.1) is 5.82 Å². The van der Waals surface area contributed by atoms with Gasteiger partial charge in [-0.1, -0.05) is 29.8 Å². The lowest BCUT2D eigenvalue weighted by Gasteiger charge is -2.04. The van der Waals surface area contributed by atoms with Crippen molar-refractivity contribution in [1.29, 1.82) is 0 Å². The molecule has 92 valence electrons. The summed E-state index contributed by atoms with van der Waals surface area (Å²) in [5, 5.41) is 0.328. The summed E-state index contributed by atoms with van der Waals surface area (Å²) >= 11 is 5.84. The summed E-state index contributed by atoms with van der Waals surface area (Å²) in [6, 6.07) is 10.9. The topological polar surface area (TPSA) is 43.1 Å². The fourth-order valence-corrected chi connectivity index (χ4v) is 1.80. The number of anilines is 1. The number of nitrogens with two attached hydrogens (primary N) is 1. The van der Waals surface area contributed by atoms with Gasteiger partial charge in [-0.05, 0) is 29.8 Å². The van der Waals surface area contributed by atoms with Crippen molar-refractivity contribution in [3.8, 4) is 0 Å². The van der Waals surface area contributed by atoms with E-state index in [2.05, 4.69) is 0 Å². The van der Waals surface area contributed by atoms with E-state index in [9.17, 15) is 9.18 Å². The van der Waals surface area contributed by atoms with E-state index in [1.807, 2.05) is 0 Å². The zero-order chi connectivity index (χ0) is 13.1. The third-order valence-corrected chi connectivity index (χ3v) is 2.96. The van der Waals surface area contributed by atoms with Crippen LogP contribution in [0.3, 0.4) is 0 Å². The molecule has 4 heteroatoms. The predicted octanol–water partition coefficient (Wildman–Crippen LogP) is 3.49. The SMILES string of the molecule is Nc1ccc(C(=O)Cc2ccccc2F)cc1Cl.